The summed E-state index contributed by atoms with van der Waals surface area (Å²) in [7, 11) is 0. The van der Waals surface area contributed by atoms with E-state index < -0.39 is 4.92 Å². The first-order valence-electron chi connectivity index (χ1n) is 9.13. The fraction of sp³-hybridized carbons (Fsp3) is 0.0909. The zero-order chi connectivity index (χ0) is 21.1. The van der Waals surface area contributed by atoms with Crippen molar-refractivity contribution in [1.29, 1.82) is 0 Å². The molecule has 3 aromatic carbocycles. The number of oxazole rings is 1. The normalized spacial score (nSPS) is 10.7. The van der Waals surface area contributed by atoms with Crippen molar-refractivity contribution in [2.24, 2.45) is 0 Å². The standard InChI is InChI=1S/C22H17N3O5/c1-14-5-4-6-16(11-14)29-13-21(26)23-18-8-3-2-7-17(18)22-24-19-12-15(25(27)28)9-10-20(19)30-22/h2-12H,13H2,1H3,(H,23,26). The lowest BCUT2D eigenvalue weighted by atomic mass is 10.1. The number of nitro benzene ring substituents is 1. The number of benzene rings is 3. The first-order chi connectivity index (χ1) is 14.5. The van der Waals surface area contributed by atoms with E-state index in [1.807, 2.05) is 25.1 Å². The lowest BCUT2D eigenvalue weighted by Gasteiger charge is -2.10. The Morgan fingerprint density at radius 1 is 1.13 bits per heavy atom. The van der Waals surface area contributed by atoms with Gasteiger partial charge < -0.3 is 14.5 Å². The van der Waals surface area contributed by atoms with Crippen molar-refractivity contribution in [3.05, 3.63) is 82.4 Å². The van der Waals surface area contributed by atoms with E-state index in [0.717, 1.165) is 5.56 Å². The molecule has 0 aliphatic carbocycles. The van der Waals surface area contributed by atoms with Crippen LogP contribution in [-0.2, 0) is 4.79 Å². The van der Waals surface area contributed by atoms with E-state index in [-0.39, 0.29) is 24.1 Å². The van der Waals surface area contributed by atoms with E-state index in [0.29, 0.717) is 28.1 Å². The molecular formula is C22H17N3O5. The summed E-state index contributed by atoms with van der Waals surface area (Å²) in [4.78, 5) is 27.2. The summed E-state index contributed by atoms with van der Waals surface area (Å²) in [6.45, 7) is 1.79. The van der Waals surface area contributed by atoms with Crippen LogP contribution in [0.25, 0.3) is 22.6 Å². The molecule has 0 saturated heterocycles. The van der Waals surface area contributed by atoms with Gasteiger partial charge in [-0.25, -0.2) is 4.98 Å². The largest absolute Gasteiger partial charge is 0.484 e. The highest BCUT2D eigenvalue weighted by atomic mass is 16.6. The average Bonchev–Trinajstić information content (AvgIpc) is 3.16. The van der Waals surface area contributed by atoms with Gasteiger partial charge in [-0.05, 0) is 42.8 Å². The lowest BCUT2D eigenvalue weighted by Crippen LogP contribution is -2.20. The molecule has 0 atom stereocenters. The summed E-state index contributed by atoms with van der Waals surface area (Å²) in [5.41, 5.74) is 2.80. The number of aromatic nitrogens is 1. The van der Waals surface area contributed by atoms with Gasteiger partial charge in [0.1, 0.15) is 11.3 Å². The molecule has 0 radical (unpaired) electrons. The molecule has 0 aliphatic heterocycles. The number of hydrogen-bond acceptors (Lipinski definition) is 6. The van der Waals surface area contributed by atoms with Gasteiger partial charge in [0.15, 0.2) is 12.2 Å². The predicted molar refractivity (Wildman–Crippen MR) is 111 cm³/mol. The Morgan fingerprint density at radius 3 is 2.77 bits per heavy atom. The highest BCUT2D eigenvalue weighted by Crippen LogP contribution is 2.31. The predicted octanol–water partition coefficient (Wildman–Crippen LogP) is 4.73. The summed E-state index contributed by atoms with van der Waals surface area (Å²) in [5.74, 6) is 0.524. The molecule has 1 heterocycles. The third-order valence-electron chi connectivity index (χ3n) is 4.37. The minimum Gasteiger partial charge on any atom is -0.484 e. The molecule has 1 amide bonds. The van der Waals surface area contributed by atoms with Crippen molar-refractivity contribution >= 4 is 28.4 Å². The molecule has 0 saturated carbocycles. The Hall–Kier alpha value is -4.20. The maximum absolute atomic E-state index is 12.4. The molecule has 0 fully saturated rings. The maximum atomic E-state index is 12.4. The van der Waals surface area contributed by atoms with Gasteiger partial charge in [0.05, 0.1) is 16.2 Å². The number of ether oxygens (including phenoxy) is 1. The maximum Gasteiger partial charge on any atom is 0.271 e. The van der Waals surface area contributed by atoms with Crippen molar-refractivity contribution < 1.29 is 18.9 Å². The van der Waals surface area contributed by atoms with Crippen LogP contribution < -0.4 is 10.1 Å². The van der Waals surface area contributed by atoms with Crippen molar-refractivity contribution in [2.75, 3.05) is 11.9 Å². The molecule has 30 heavy (non-hydrogen) atoms. The van der Waals surface area contributed by atoms with Crippen LogP contribution in [0.2, 0.25) is 0 Å². The average molecular weight is 403 g/mol. The van der Waals surface area contributed by atoms with Crippen LogP contribution in [0, 0.1) is 17.0 Å². The summed E-state index contributed by atoms with van der Waals surface area (Å²) in [6.07, 6.45) is 0. The highest BCUT2D eigenvalue weighted by molar-refractivity contribution is 5.96. The fourth-order valence-corrected chi connectivity index (χ4v) is 2.96. The number of carbonyl (C=O) groups is 1. The zero-order valence-corrected chi connectivity index (χ0v) is 16.0. The Morgan fingerprint density at radius 2 is 1.97 bits per heavy atom. The number of nitrogens with zero attached hydrogens (tertiary/aromatic N) is 2. The monoisotopic (exact) mass is 403 g/mol. The first kappa shape index (κ1) is 19.1. The van der Waals surface area contributed by atoms with Gasteiger partial charge in [0.25, 0.3) is 11.6 Å². The van der Waals surface area contributed by atoms with E-state index in [9.17, 15) is 14.9 Å². The van der Waals surface area contributed by atoms with Gasteiger partial charge in [-0.1, -0.05) is 24.3 Å². The number of amides is 1. The summed E-state index contributed by atoms with van der Waals surface area (Å²) in [5, 5.41) is 13.8. The van der Waals surface area contributed by atoms with Crippen molar-refractivity contribution in [3.63, 3.8) is 0 Å². The third-order valence-corrected chi connectivity index (χ3v) is 4.37. The number of hydrogen-bond donors (Lipinski definition) is 1. The molecule has 8 heteroatoms. The molecule has 1 aromatic heterocycles. The number of aryl methyl sites for hydroxylation is 1. The second kappa shape index (κ2) is 8.04. The number of fused-ring (bicyclic) bond motifs is 1. The first-order valence-corrected chi connectivity index (χ1v) is 9.13. The van der Waals surface area contributed by atoms with Gasteiger partial charge in [0.2, 0.25) is 5.89 Å². The summed E-state index contributed by atoms with van der Waals surface area (Å²) >= 11 is 0. The summed E-state index contributed by atoms with van der Waals surface area (Å²) < 4.78 is 11.3. The van der Waals surface area contributed by atoms with Crippen LogP contribution in [0.15, 0.2) is 71.1 Å². The van der Waals surface area contributed by atoms with Crippen LogP contribution in [0.4, 0.5) is 11.4 Å². The molecule has 0 spiro atoms. The summed E-state index contributed by atoms with van der Waals surface area (Å²) in [6, 6.07) is 18.7. The van der Waals surface area contributed by atoms with E-state index in [2.05, 4.69) is 10.3 Å². The van der Waals surface area contributed by atoms with E-state index in [4.69, 9.17) is 9.15 Å². The Balaban J connectivity index is 1.54. The second-order valence-electron chi connectivity index (χ2n) is 6.63. The second-order valence-corrected chi connectivity index (χ2v) is 6.63. The molecule has 0 aliphatic rings. The van der Waals surface area contributed by atoms with Crippen molar-refractivity contribution in [3.8, 4) is 17.2 Å². The van der Waals surface area contributed by atoms with Crippen LogP contribution in [0.3, 0.4) is 0 Å². The smallest absolute Gasteiger partial charge is 0.271 e. The molecule has 0 unspecified atom stereocenters. The number of non-ortho nitro benzene ring substituents is 1. The highest BCUT2D eigenvalue weighted by Gasteiger charge is 2.16. The Kier molecular flexibility index (Phi) is 5.13. The van der Waals surface area contributed by atoms with Crippen LogP contribution in [0.5, 0.6) is 5.75 Å². The molecule has 1 N–H and O–H groups in total. The van der Waals surface area contributed by atoms with E-state index in [1.54, 1.807) is 30.3 Å². The number of rotatable bonds is 6. The fourth-order valence-electron chi connectivity index (χ4n) is 2.96. The molecule has 8 nitrogen and oxygen atoms in total. The van der Waals surface area contributed by atoms with Gasteiger partial charge in [-0.3, -0.25) is 14.9 Å². The SMILES string of the molecule is Cc1cccc(OCC(=O)Nc2ccccc2-c2nc3cc([N+](=O)[O-])ccc3o2)c1. The van der Waals surface area contributed by atoms with Gasteiger partial charge >= 0.3 is 0 Å². The quantitative estimate of drug-likeness (QED) is 0.368. The molecular weight excluding hydrogens is 386 g/mol. The molecule has 4 aromatic rings. The van der Waals surface area contributed by atoms with E-state index >= 15 is 0 Å². The van der Waals surface area contributed by atoms with Gasteiger partial charge in [-0.2, -0.15) is 0 Å². The van der Waals surface area contributed by atoms with Crippen LogP contribution in [0.1, 0.15) is 5.56 Å². The minimum atomic E-state index is -0.490. The third kappa shape index (κ3) is 4.12. The van der Waals surface area contributed by atoms with E-state index in [1.165, 1.54) is 18.2 Å². The zero-order valence-electron chi connectivity index (χ0n) is 16.0. The van der Waals surface area contributed by atoms with Crippen molar-refractivity contribution in [2.45, 2.75) is 6.92 Å². The van der Waals surface area contributed by atoms with Crippen LogP contribution in [-0.4, -0.2) is 22.4 Å². The lowest BCUT2D eigenvalue weighted by molar-refractivity contribution is -0.384. The molecule has 0 bridgehead atoms. The molecule has 4 rings (SSSR count). The number of carbonyl (C=O) groups excluding carboxylic acids is 1. The van der Waals surface area contributed by atoms with Crippen LogP contribution >= 0.6 is 0 Å². The number of nitro groups is 1. The molecule has 150 valence electrons. The number of anilines is 1. The minimum absolute atomic E-state index is 0.0720. The van der Waals surface area contributed by atoms with Gasteiger partial charge in [-0.15, -0.1) is 0 Å². The Bertz CT molecular complexity index is 1250. The Labute approximate surface area is 171 Å². The number of nitrogens with one attached hydrogen (secondary N) is 1. The number of para-hydroxylation sites is 1. The van der Waals surface area contributed by atoms with Crippen molar-refractivity contribution in [1.82, 2.24) is 4.98 Å². The van der Waals surface area contributed by atoms with Gasteiger partial charge in [0, 0.05) is 12.1 Å². The topological polar surface area (TPSA) is 108 Å².